The van der Waals surface area contributed by atoms with Gasteiger partial charge in [-0.05, 0) is 29.7 Å². The number of rotatable bonds is 5. The Hall–Kier alpha value is -3.22. The number of fused-ring (bicyclic) bond motifs is 1. The Balaban J connectivity index is 1.67. The average Bonchev–Trinajstić information content (AvgIpc) is 2.65. The fourth-order valence-electron chi connectivity index (χ4n) is 2.81. The highest BCUT2D eigenvalue weighted by Gasteiger charge is 2.22. The van der Waals surface area contributed by atoms with Crippen molar-refractivity contribution in [2.75, 3.05) is 13.2 Å². The highest BCUT2D eigenvalue weighted by molar-refractivity contribution is 5.79. The largest absolute Gasteiger partial charge is 0.477 e. The molecular formula is C18H16N2O5. The summed E-state index contributed by atoms with van der Waals surface area (Å²) in [6, 6.07) is 11.8. The first kappa shape index (κ1) is 16.6. The van der Waals surface area contributed by atoms with Crippen molar-refractivity contribution in [1.82, 2.24) is 4.90 Å². The van der Waals surface area contributed by atoms with Crippen molar-refractivity contribution < 1.29 is 19.2 Å². The number of nitrogens with zero attached hydrogens (tertiary/aromatic N) is 2. The van der Waals surface area contributed by atoms with Crippen LogP contribution in [-0.4, -0.2) is 35.2 Å². The van der Waals surface area contributed by atoms with Gasteiger partial charge in [-0.2, -0.15) is 0 Å². The summed E-state index contributed by atoms with van der Waals surface area (Å²) in [6.07, 6.45) is 1.29. The molecule has 0 bridgehead atoms. The molecule has 0 spiro atoms. The van der Waals surface area contributed by atoms with Gasteiger partial charge in [-0.3, -0.25) is 19.7 Å². The molecular weight excluding hydrogens is 324 g/mol. The van der Waals surface area contributed by atoms with Crippen LogP contribution in [0.4, 0.5) is 5.69 Å². The Morgan fingerprint density at radius 1 is 1.24 bits per heavy atom. The van der Waals surface area contributed by atoms with Gasteiger partial charge in [0.25, 0.3) is 5.91 Å². The third-order valence-corrected chi connectivity index (χ3v) is 4.15. The monoisotopic (exact) mass is 340 g/mol. The molecule has 0 N–H and O–H groups in total. The highest BCUT2D eigenvalue weighted by atomic mass is 16.6. The summed E-state index contributed by atoms with van der Waals surface area (Å²) >= 11 is 0. The van der Waals surface area contributed by atoms with Crippen LogP contribution in [-0.2, 0) is 17.8 Å². The molecule has 1 aliphatic heterocycles. The molecule has 3 rings (SSSR count). The molecule has 0 fully saturated rings. The van der Waals surface area contributed by atoms with E-state index >= 15 is 0 Å². The zero-order chi connectivity index (χ0) is 17.8. The lowest BCUT2D eigenvalue weighted by Crippen LogP contribution is -2.38. The maximum absolute atomic E-state index is 12.4. The quantitative estimate of drug-likeness (QED) is 0.473. The predicted molar refractivity (Wildman–Crippen MR) is 89.5 cm³/mol. The topological polar surface area (TPSA) is 89.8 Å². The minimum Gasteiger partial charge on any atom is -0.477 e. The van der Waals surface area contributed by atoms with E-state index in [4.69, 9.17) is 4.74 Å². The van der Waals surface area contributed by atoms with Crippen LogP contribution in [0, 0.1) is 10.1 Å². The van der Waals surface area contributed by atoms with E-state index in [1.54, 1.807) is 4.90 Å². The average molecular weight is 340 g/mol. The van der Waals surface area contributed by atoms with Gasteiger partial charge in [0, 0.05) is 24.7 Å². The number of ether oxygens (including phenoxy) is 1. The van der Waals surface area contributed by atoms with Crippen molar-refractivity contribution in [3.63, 3.8) is 0 Å². The number of carbonyl (C=O) groups is 2. The Morgan fingerprint density at radius 3 is 2.72 bits per heavy atom. The van der Waals surface area contributed by atoms with Gasteiger partial charge in [-0.25, -0.2) is 0 Å². The Labute approximate surface area is 144 Å². The van der Waals surface area contributed by atoms with E-state index in [1.807, 2.05) is 24.3 Å². The lowest BCUT2D eigenvalue weighted by Gasteiger charge is -2.28. The molecule has 1 heterocycles. The van der Waals surface area contributed by atoms with Gasteiger partial charge in [0.2, 0.25) is 0 Å². The zero-order valence-electron chi connectivity index (χ0n) is 13.4. The van der Waals surface area contributed by atoms with Crippen molar-refractivity contribution in [3.05, 3.63) is 69.3 Å². The molecule has 2 aromatic rings. The second kappa shape index (κ2) is 7.12. The molecule has 1 aliphatic rings. The van der Waals surface area contributed by atoms with Gasteiger partial charge in [-0.15, -0.1) is 0 Å². The highest BCUT2D eigenvalue weighted by Crippen LogP contribution is 2.27. The van der Waals surface area contributed by atoms with Crippen LogP contribution < -0.4 is 4.74 Å². The van der Waals surface area contributed by atoms with Gasteiger partial charge >= 0.3 is 5.69 Å². The second-order valence-electron chi connectivity index (χ2n) is 5.72. The summed E-state index contributed by atoms with van der Waals surface area (Å²) in [5.74, 6) is -0.260. The number of nitro groups is 1. The second-order valence-corrected chi connectivity index (χ2v) is 5.72. The first-order valence-electron chi connectivity index (χ1n) is 7.79. The molecule has 0 atom stereocenters. The number of hydrogen-bond acceptors (Lipinski definition) is 5. The van der Waals surface area contributed by atoms with Crippen LogP contribution in [0.1, 0.15) is 21.5 Å². The van der Waals surface area contributed by atoms with Gasteiger partial charge in [-0.1, -0.05) is 24.3 Å². The number of benzene rings is 2. The van der Waals surface area contributed by atoms with E-state index in [0.717, 1.165) is 18.1 Å². The number of aldehydes is 1. The van der Waals surface area contributed by atoms with E-state index in [-0.39, 0.29) is 29.5 Å². The maximum Gasteiger partial charge on any atom is 0.311 e. The molecule has 0 aromatic heterocycles. The van der Waals surface area contributed by atoms with E-state index in [0.29, 0.717) is 19.4 Å². The van der Waals surface area contributed by atoms with E-state index in [9.17, 15) is 19.7 Å². The predicted octanol–water partition coefficient (Wildman–Crippen LogP) is 2.37. The first-order chi connectivity index (χ1) is 12.1. The summed E-state index contributed by atoms with van der Waals surface area (Å²) in [4.78, 5) is 35.2. The molecule has 7 heteroatoms. The zero-order valence-corrected chi connectivity index (χ0v) is 13.4. The van der Waals surface area contributed by atoms with E-state index in [1.165, 1.54) is 17.7 Å². The van der Waals surface area contributed by atoms with Gasteiger partial charge in [0.05, 0.1) is 4.92 Å². The van der Waals surface area contributed by atoms with Crippen LogP contribution >= 0.6 is 0 Å². The maximum atomic E-state index is 12.4. The van der Waals surface area contributed by atoms with Crippen molar-refractivity contribution in [1.29, 1.82) is 0 Å². The van der Waals surface area contributed by atoms with Crippen LogP contribution in [0.2, 0.25) is 0 Å². The third kappa shape index (κ3) is 3.65. The minimum atomic E-state index is -0.635. The number of nitro benzene ring substituents is 1. The van der Waals surface area contributed by atoms with Gasteiger partial charge in [0.1, 0.15) is 6.29 Å². The fraction of sp³-hybridized carbons (Fsp3) is 0.222. The molecule has 1 amide bonds. The van der Waals surface area contributed by atoms with E-state index < -0.39 is 4.92 Å². The molecule has 128 valence electrons. The Bertz CT molecular complexity index is 834. The molecule has 25 heavy (non-hydrogen) atoms. The molecule has 0 saturated heterocycles. The van der Waals surface area contributed by atoms with Crippen LogP contribution in [0.3, 0.4) is 0 Å². The summed E-state index contributed by atoms with van der Waals surface area (Å²) in [6.45, 7) is 0.805. The molecule has 0 unspecified atom stereocenters. The molecule has 2 aromatic carbocycles. The van der Waals surface area contributed by atoms with Crippen molar-refractivity contribution in [3.8, 4) is 5.75 Å². The summed E-state index contributed by atoms with van der Waals surface area (Å²) < 4.78 is 5.35. The van der Waals surface area contributed by atoms with Crippen LogP contribution in [0.5, 0.6) is 5.75 Å². The number of hydrogen-bond donors (Lipinski definition) is 0. The number of amides is 1. The fourth-order valence-corrected chi connectivity index (χ4v) is 2.81. The van der Waals surface area contributed by atoms with Crippen LogP contribution in [0.15, 0.2) is 42.5 Å². The molecule has 0 radical (unpaired) electrons. The van der Waals surface area contributed by atoms with Crippen LogP contribution in [0.25, 0.3) is 0 Å². The molecule has 0 saturated carbocycles. The first-order valence-corrected chi connectivity index (χ1v) is 7.79. The van der Waals surface area contributed by atoms with Gasteiger partial charge < -0.3 is 9.64 Å². The summed E-state index contributed by atoms with van der Waals surface area (Å²) in [5, 5.41) is 11.1. The normalized spacial score (nSPS) is 13.0. The SMILES string of the molecule is O=Cc1ccc(OCC(=O)N2CCc3ccccc3C2)c([N+](=O)[O-])c1. The Kier molecular flexibility index (Phi) is 4.74. The molecule has 7 nitrogen and oxygen atoms in total. The summed E-state index contributed by atoms with van der Waals surface area (Å²) in [7, 11) is 0. The third-order valence-electron chi connectivity index (χ3n) is 4.15. The van der Waals surface area contributed by atoms with Gasteiger partial charge in [0.15, 0.2) is 12.4 Å². The lowest BCUT2D eigenvalue weighted by atomic mass is 10.00. The lowest BCUT2D eigenvalue weighted by molar-refractivity contribution is -0.385. The van der Waals surface area contributed by atoms with Crippen molar-refractivity contribution in [2.45, 2.75) is 13.0 Å². The number of carbonyl (C=O) groups excluding carboxylic acids is 2. The summed E-state index contributed by atoms with van der Waals surface area (Å²) in [5.41, 5.74) is 2.18. The standard InChI is InChI=1S/C18H16N2O5/c21-11-13-5-6-17(16(9-13)20(23)24)25-12-18(22)19-8-7-14-3-1-2-4-15(14)10-19/h1-6,9,11H,7-8,10,12H2. The Morgan fingerprint density at radius 2 is 2.00 bits per heavy atom. The van der Waals surface area contributed by atoms with Crippen molar-refractivity contribution in [2.24, 2.45) is 0 Å². The van der Waals surface area contributed by atoms with Crippen molar-refractivity contribution >= 4 is 17.9 Å². The minimum absolute atomic E-state index is 0.0265. The smallest absolute Gasteiger partial charge is 0.311 e. The molecule has 0 aliphatic carbocycles. The van der Waals surface area contributed by atoms with E-state index in [2.05, 4.69) is 0 Å².